The Hall–Kier alpha value is -1.87. The van der Waals surface area contributed by atoms with Crippen molar-refractivity contribution in [1.82, 2.24) is 5.32 Å². The zero-order valence-corrected chi connectivity index (χ0v) is 13.1. The van der Waals surface area contributed by atoms with Gasteiger partial charge in [0.2, 0.25) is 0 Å². The zero-order valence-electron chi connectivity index (χ0n) is 13.1. The SMILES string of the molecule is CCC1(C)CC(NCc2ccc(F)cc2)c2ccccc2O1. The van der Waals surface area contributed by atoms with Crippen molar-refractivity contribution < 1.29 is 9.13 Å². The zero-order chi connectivity index (χ0) is 15.6. The number of fused-ring (bicyclic) bond motifs is 1. The van der Waals surface area contributed by atoms with Crippen LogP contribution in [0.15, 0.2) is 48.5 Å². The van der Waals surface area contributed by atoms with Crippen molar-refractivity contribution in [2.24, 2.45) is 0 Å². The molecule has 2 unspecified atom stereocenters. The fourth-order valence-corrected chi connectivity index (χ4v) is 2.95. The third kappa shape index (κ3) is 3.14. The van der Waals surface area contributed by atoms with Crippen LogP contribution in [0.25, 0.3) is 0 Å². The van der Waals surface area contributed by atoms with E-state index < -0.39 is 0 Å². The lowest BCUT2D eigenvalue weighted by Gasteiger charge is -2.40. The molecule has 2 aromatic rings. The quantitative estimate of drug-likeness (QED) is 0.890. The van der Waals surface area contributed by atoms with Crippen molar-refractivity contribution >= 4 is 0 Å². The minimum Gasteiger partial charge on any atom is -0.487 e. The average molecular weight is 299 g/mol. The minimum absolute atomic E-state index is 0.144. The number of halogens is 1. The van der Waals surface area contributed by atoms with Gasteiger partial charge in [0.05, 0.1) is 0 Å². The van der Waals surface area contributed by atoms with Crippen LogP contribution in [0.5, 0.6) is 5.75 Å². The van der Waals surface area contributed by atoms with Crippen LogP contribution in [0.3, 0.4) is 0 Å². The Kier molecular flexibility index (Phi) is 4.16. The molecule has 3 heteroatoms. The second kappa shape index (κ2) is 6.09. The Morgan fingerprint density at radius 1 is 1.18 bits per heavy atom. The number of rotatable bonds is 4. The van der Waals surface area contributed by atoms with Crippen molar-refractivity contribution in [3.05, 3.63) is 65.5 Å². The summed E-state index contributed by atoms with van der Waals surface area (Å²) in [5, 5.41) is 3.60. The van der Waals surface area contributed by atoms with Crippen molar-refractivity contribution in [3.8, 4) is 5.75 Å². The van der Waals surface area contributed by atoms with E-state index in [0.29, 0.717) is 0 Å². The van der Waals surface area contributed by atoms with Crippen LogP contribution in [0, 0.1) is 5.82 Å². The Morgan fingerprint density at radius 3 is 2.64 bits per heavy atom. The normalized spacial score (nSPS) is 23.7. The van der Waals surface area contributed by atoms with Crippen LogP contribution in [0.1, 0.15) is 43.9 Å². The number of hydrogen-bond acceptors (Lipinski definition) is 2. The smallest absolute Gasteiger partial charge is 0.124 e. The van der Waals surface area contributed by atoms with Crippen molar-refractivity contribution in [3.63, 3.8) is 0 Å². The second-order valence-electron chi connectivity index (χ2n) is 6.21. The van der Waals surface area contributed by atoms with Crippen LogP contribution >= 0.6 is 0 Å². The van der Waals surface area contributed by atoms with Gasteiger partial charge in [-0.3, -0.25) is 0 Å². The van der Waals surface area contributed by atoms with E-state index in [0.717, 1.165) is 30.7 Å². The third-order valence-electron chi connectivity index (χ3n) is 4.50. The molecule has 1 aliphatic heterocycles. The number of para-hydroxylation sites is 1. The van der Waals surface area contributed by atoms with Crippen molar-refractivity contribution in [2.75, 3.05) is 0 Å². The molecule has 3 rings (SSSR count). The molecular weight excluding hydrogens is 277 g/mol. The van der Waals surface area contributed by atoms with E-state index in [4.69, 9.17) is 4.74 Å². The lowest BCUT2D eigenvalue weighted by molar-refractivity contribution is 0.0439. The van der Waals surface area contributed by atoms with Gasteiger partial charge in [0.25, 0.3) is 0 Å². The monoisotopic (exact) mass is 299 g/mol. The molecule has 0 aliphatic carbocycles. The lowest BCUT2D eigenvalue weighted by Crippen LogP contribution is -2.41. The molecule has 0 fully saturated rings. The van der Waals surface area contributed by atoms with Gasteiger partial charge >= 0.3 is 0 Å². The average Bonchev–Trinajstić information content (AvgIpc) is 2.54. The number of benzene rings is 2. The molecule has 0 radical (unpaired) electrons. The molecule has 0 saturated carbocycles. The fraction of sp³-hybridized carbons (Fsp3) is 0.368. The Morgan fingerprint density at radius 2 is 1.91 bits per heavy atom. The van der Waals surface area contributed by atoms with Gasteiger partial charge in [0.15, 0.2) is 0 Å². The molecule has 2 aromatic carbocycles. The minimum atomic E-state index is -0.196. The second-order valence-corrected chi connectivity index (χ2v) is 6.21. The van der Waals surface area contributed by atoms with Gasteiger partial charge in [-0.15, -0.1) is 0 Å². The summed E-state index contributed by atoms with van der Waals surface area (Å²) in [6.45, 7) is 5.04. The molecule has 22 heavy (non-hydrogen) atoms. The van der Waals surface area contributed by atoms with E-state index in [1.54, 1.807) is 0 Å². The highest BCUT2D eigenvalue weighted by Gasteiger charge is 2.35. The summed E-state index contributed by atoms with van der Waals surface area (Å²) in [6.07, 6.45) is 1.90. The molecule has 2 atom stereocenters. The van der Waals surface area contributed by atoms with Gasteiger partial charge in [-0.05, 0) is 37.1 Å². The van der Waals surface area contributed by atoms with Gasteiger partial charge in [0, 0.05) is 24.6 Å². The van der Waals surface area contributed by atoms with E-state index >= 15 is 0 Å². The summed E-state index contributed by atoms with van der Waals surface area (Å²) in [5.41, 5.74) is 2.15. The maximum Gasteiger partial charge on any atom is 0.124 e. The maximum absolute atomic E-state index is 13.0. The highest BCUT2D eigenvalue weighted by Crippen LogP contribution is 2.40. The molecule has 0 amide bonds. The molecule has 0 aromatic heterocycles. The molecule has 2 nitrogen and oxygen atoms in total. The molecule has 0 spiro atoms. The topological polar surface area (TPSA) is 21.3 Å². The van der Waals surface area contributed by atoms with E-state index in [1.165, 1.54) is 17.7 Å². The maximum atomic E-state index is 13.0. The summed E-state index contributed by atoms with van der Waals surface area (Å²) in [6, 6.07) is 15.1. The van der Waals surface area contributed by atoms with Gasteiger partial charge in [-0.25, -0.2) is 4.39 Å². The lowest BCUT2D eigenvalue weighted by atomic mass is 9.86. The summed E-state index contributed by atoms with van der Waals surface area (Å²) in [5.74, 6) is 0.772. The van der Waals surface area contributed by atoms with E-state index in [9.17, 15) is 4.39 Å². The number of ether oxygens (including phenoxy) is 1. The van der Waals surface area contributed by atoms with Crippen LogP contribution in [0.4, 0.5) is 4.39 Å². The van der Waals surface area contributed by atoms with Crippen LogP contribution in [-0.2, 0) is 6.54 Å². The highest BCUT2D eigenvalue weighted by molar-refractivity contribution is 5.39. The third-order valence-corrected chi connectivity index (χ3v) is 4.50. The fourth-order valence-electron chi connectivity index (χ4n) is 2.95. The Balaban J connectivity index is 1.78. The largest absolute Gasteiger partial charge is 0.487 e. The Bertz CT molecular complexity index is 640. The molecule has 0 bridgehead atoms. The summed E-state index contributed by atoms with van der Waals surface area (Å²) in [7, 11) is 0. The Labute approximate surface area is 131 Å². The van der Waals surface area contributed by atoms with Crippen LogP contribution < -0.4 is 10.1 Å². The standard InChI is InChI=1S/C19H22FNO/c1-3-19(2)12-17(16-6-4-5-7-18(16)22-19)21-13-14-8-10-15(20)11-9-14/h4-11,17,21H,3,12-13H2,1-2H3. The van der Waals surface area contributed by atoms with Crippen molar-refractivity contribution in [1.29, 1.82) is 0 Å². The first-order valence-electron chi connectivity index (χ1n) is 7.85. The van der Waals surface area contributed by atoms with E-state index in [1.807, 2.05) is 30.3 Å². The predicted molar refractivity (Wildman–Crippen MR) is 86.4 cm³/mol. The van der Waals surface area contributed by atoms with Crippen LogP contribution in [0.2, 0.25) is 0 Å². The first kappa shape index (κ1) is 15.0. The first-order valence-corrected chi connectivity index (χ1v) is 7.85. The number of nitrogens with one attached hydrogen (secondary N) is 1. The molecule has 116 valence electrons. The van der Waals surface area contributed by atoms with E-state index in [-0.39, 0.29) is 17.5 Å². The summed E-state index contributed by atoms with van der Waals surface area (Å²) >= 11 is 0. The molecule has 1 aliphatic rings. The molecule has 1 heterocycles. The highest BCUT2D eigenvalue weighted by atomic mass is 19.1. The van der Waals surface area contributed by atoms with Crippen molar-refractivity contribution in [2.45, 2.75) is 44.9 Å². The molecule has 1 N–H and O–H groups in total. The van der Waals surface area contributed by atoms with E-state index in [2.05, 4.69) is 25.2 Å². The van der Waals surface area contributed by atoms with Gasteiger partial charge in [-0.2, -0.15) is 0 Å². The summed E-state index contributed by atoms with van der Waals surface area (Å²) in [4.78, 5) is 0. The summed E-state index contributed by atoms with van der Waals surface area (Å²) < 4.78 is 19.2. The van der Waals surface area contributed by atoms with Crippen LogP contribution in [-0.4, -0.2) is 5.60 Å². The molecule has 0 saturated heterocycles. The molecular formula is C19H22FNO. The number of hydrogen-bond donors (Lipinski definition) is 1. The van der Waals surface area contributed by atoms with Gasteiger partial charge < -0.3 is 10.1 Å². The van der Waals surface area contributed by atoms with Gasteiger partial charge in [0.1, 0.15) is 17.2 Å². The first-order chi connectivity index (χ1) is 10.6. The predicted octanol–water partition coefficient (Wildman–Crippen LogP) is 4.61. The van der Waals surface area contributed by atoms with Gasteiger partial charge in [-0.1, -0.05) is 37.3 Å².